The number of hydrogen-bond donors (Lipinski definition) is 3. The molecule has 0 aliphatic carbocycles. The van der Waals surface area contributed by atoms with Crippen molar-refractivity contribution in [2.45, 2.75) is 25.8 Å². The molecule has 0 spiro atoms. The van der Waals surface area contributed by atoms with Gasteiger partial charge in [0.2, 0.25) is 0 Å². The first-order chi connectivity index (χ1) is 10.3. The van der Waals surface area contributed by atoms with E-state index in [-0.39, 0.29) is 18.9 Å². The Morgan fingerprint density at radius 3 is 2.73 bits per heavy atom. The Morgan fingerprint density at radius 1 is 1.36 bits per heavy atom. The maximum atomic E-state index is 12.4. The van der Waals surface area contributed by atoms with Gasteiger partial charge in [0.25, 0.3) is 5.91 Å². The normalized spacial score (nSPS) is 13.8. The summed E-state index contributed by atoms with van der Waals surface area (Å²) in [5, 5.41) is 12.7. The number of carbonyl (C=O) groups excluding carboxylic acids is 1. The highest BCUT2D eigenvalue weighted by Crippen LogP contribution is 2.18. The molecule has 1 unspecified atom stereocenters. The second-order valence-electron chi connectivity index (χ2n) is 5.79. The fourth-order valence-electron chi connectivity index (χ4n) is 2.49. The minimum Gasteiger partial charge on any atom is -0.481 e. The lowest BCUT2D eigenvalue weighted by Gasteiger charge is -2.28. The first kappa shape index (κ1) is 16.0. The number of methoxy groups -OCH3 is 1. The van der Waals surface area contributed by atoms with Crippen LogP contribution in [0, 0.1) is 6.92 Å². The Bertz CT molecular complexity index is 707. The molecule has 0 saturated carbocycles. The van der Waals surface area contributed by atoms with Crippen molar-refractivity contribution in [3.05, 3.63) is 35.5 Å². The average Bonchev–Trinajstić information content (AvgIpc) is 2.80. The predicted octanol–water partition coefficient (Wildman–Crippen LogP) is 2.09. The molecule has 1 aromatic heterocycles. The number of hydrogen-bond acceptors (Lipinski definition) is 3. The Morgan fingerprint density at radius 2 is 2.09 bits per heavy atom. The molecule has 1 amide bonds. The van der Waals surface area contributed by atoms with Crippen LogP contribution < -0.4 is 5.32 Å². The summed E-state index contributed by atoms with van der Waals surface area (Å²) in [7, 11) is 1.47. The average molecular weight is 304 g/mol. The van der Waals surface area contributed by atoms with Crippen LogP contribution in [0.1, 0.15) is 29.4 Å². The lowest BCUT2D eigenvalue weighted by Crippen LogP contribution is -2.50. The third-order valence-corrected chi connectivity index (χ3v) is 3.44. The Balaban J connectivity index is 2.22. The van der Waals surface area contributed by atoms with Gasteiger partial charge in [-0.2, -0.15) is 0 Å². The first-order valence-electron chi connectivity index (χ1n) is 6.95. The van der Waals surface area contributed by atoms with Crippen molar-refractivity contribution in [2.24, 2.45) is 0 Å². The molecule has 1 atom stereocenters. The molecule has 2 aromatic rings. The van der Waals surface area contributed by atoms with E-state index in [0.717, 1.165) is 16.5 Å². The molecular formula is C16H20N2O4. The molecule has 0 fully saturated rings. The number of rotatable bonds is 6. The van der Waals surface area contributed by atoms with E-state index >= 15 is 0 Å². The summed E-state index contributed by atoms with van der Waals surface area (Å²) in [6, 6.07) is 7.61. The molecule has 0 aliphatic heterocycles. The molecular weight excluding hydrogens is 284 g/mol. The Labute approximate surface area is 128 Å². The summed E-state index contributed by atoms with van der Waals surface area (Å²) >= 11 is 0. The molecule has 22 heavy (non-hydrogen) atoms. The van der Waals surface area contributed by atoms with E-state index in [4.69, 9.17) is 9.84 Å². The molecule has 0 saturated heterocycles. The number of aromatic nitrogens is 1. The van der Waals surface area contributed by atoms with Gasteiger partial charge in [-0.25, -0.2) is 0 Å². The van der Waals surface area contributed by atoms with Gasteiger partial charge in [-0.05, 0) is 31.5 Å². The van der Waals surface area contributed by atoms with Gasteiger partial charge in [-0.3, -0.25) is 9.59 Å². The number of nitrogens with one attached hydrogen (secondary N) is 2. The summed E-state index contributed by atoms with van der Waals surface area (Å²) in [5.74, 6) is -1.35. The highest BCUT2D eigenvalue weighted by atomic mass is 16.5. The van der Waals surface area contributed by atoms with E-state index < -0.39 is 11.5 Å². The van der Waals surface area contributed by atoms with Gasteiger partial charge >= 0.3 is 5.97 Å². The molecule has 0 radical (unpaired) electrons. The number of carboxylic acid groups (broad SMARTS) is 1. The van der Waals surface area contributed by atoms with Crippen LogP contribution in [0.4, 0.5) is 0 Å². The van der Waals surface area contributed by atoms with Crippen LogP contribution in [-0.4, -0.2) is 41.2 Å². The van der Waals surface area contributed by atoms with E-state index in [9.17, 15) is 9.59 Å². The summed E-state index contributed by atoms with van der Waals surface area (Å²) in [6.45, 7) is 3.74. The van der Waals surface area contributed by atoms with E-state index in [2.05, 4.69) is 10.3 Å². The molecule has 2 rings (SSSR count). The van der Waals surface area contributed by atoms with Crippen molar-refractivity contribution in [2.75, 3.05) is 13.7 Å². The van der Waals surface area contributed by atoms with Gasteiger partial charge in [0.15, 0.2) is 0 Å². The number of aromatic amines is 1. The van der Waals surface area contributed by atoms with Crippen molar-refractivity contribution in [3.63, 3.8) is 0 Å². The van der Waals surface area contributed by atoms with Crippen LogP contribution >= 0.6 is 0 Å². The minimum atomic E-state index is -0.993. The molecule has 1 heterocycles. The highest BCUT2D eigenvalue weighted by Gasteiger charge is 2.30. The quantitative estimate of drug-likeness (QED) is 0.762. The predicted molar refractivity (Wildman–Crippen MR) is 83.0 cm³/mol. The zero-order valence-electron chi connectivity index (χ0n) is 12.9. The van der Waals surface area contributed by atoms with Gasteiger partial charge in [0, 0.05) is 18.0 Å². The first-order valence-corrected chi connectivity index (χ1v) is 6.95. The van der Waals surface area contributed by atoms with E-state index in [1.807, 2.05) is 25.1 Å². The zero-order valence-corrected chi connectivity index (χ0v) is 12.9. The van der Waals surface area contributed by atoms with Crippen LogP contribution in [0.2, 0.25) is 0 Å². The number of carboxylic acids is 1. The van der Waals surface area contributed by atoms with Crippen LogP contribution in [-0.2, 0) is 9.53 Å². The molecule has 118 valence electrons. The van der Waals surface area contributed by atoms with Crippen molar-refractivity contribution in [3.8, 4) is 0 Å². The smallest absolute Gasteiger partial charge is 0.305 e. The van der Waals surface area contributed by atoms with E-state index in [0.29, 0.717) is 5.69 Å². The van der Waals surface area contributed by atoms with Gasteiger partial charge in [-0.1, -0.05) is 12.1 Å². The summed E-state index contributed by atoms with van der Waals surface area (Å²) in [4.78, 5) is 26.4. The molecule has 1 aromatic carbocycles. The Hall–Kier alpha value is -2.34. The number of carbonyl (C=O) groups is 2. The van der Waals surface area contributed by atoms with Gasteiger partial charge in [-0.15, -0.1) is 0 Å². The fraction of sp³-hybridized carbons (Fsp3) is 0.375. The fourth-order valence-corrected chi connectivity index (χ4v) is 2.49. The van der Waals surface area contributed by atoms with Crippen LogP contribution in [0.15, 0.2) is 24.3 Å². The van der Waals surface area contributed by atoms with Crippen molar-refractivity contribution < 1.29 is 19.4 Å². The monoisotopic (exact) mass is 304 g/mol. The summed E-state index contributed by atoms with van der Waals surface area (Å²) < 4.78 is 5.03. The van der Waals surface area contributed by atoms with E-state index in [1.165, 1.54) is 7.11 Å². The van der Waals surface area contributed by atoms with Crippen molar-refractivity contribution >= 4 is 22.8 Å². The maximum absolute atomic E-state index is 12.4. The number of aryl methyl sites for hydroxylation is 1. The van der Waals surface area contributed by atoms with Gasteiger partial charge in [0.1, 0.15) is 5.69 Å². The molecule has 3 N–H and O–H groups in total. The van der Waals surface area contributed by atoms with E-state index in [1.54, 1.807) is 13.0 Å². The molecule has 0 aliphatic rings. The number of amides is 1. The largest absolute Gasteiger partial charge is 0.481 e. The standard InChI is InChI=1S/C16H20N2O4/c1-10-4-5-11-7-13(17-12(11)6-10)15(21)18-16(2,9-22-3)8-14(19)20/h4-7,17H,8-9H2,1-3H3,(H,18,21)(H,19,20). The summed E-state index contributed by atoms with van der Waals surface area (Å²) in [6.07, 6.45) is -0.216. The topological polar surface area (TPSA) is 91.4 Å². The SMILES string of the molecule is COCC(C)(CC(=O)O)NC(=O)c1cc2ccc(C)cc2[nH]1. The van der Waals surface area contributed by atoms with Crippen molar-refractivity contribution in [1.29, 1.82) is 0 Å². The Kier molecular flexibility index (Phi) is 4.51. The number of fused-ring (bicyclic) bond motifs is 1. The number of aliphatic carboxylic acids is 1. The third kappa shape index (κ3) is 3.65. The van der Waals surface area contributed by atoms with Crippen LogP contribution in [0.5, 0.6) is 0 Å². The number of benzene rings is 1. The summed E-state index contributed by atoms with van der Waals surface area (Å²) in [5.41, 5.74) is 1.40. The number of H-pyrrole nitrogens is 1. The molecule has 6 nitrogen and oxygen atoms in total. The van der Waals surface area contributed by atoms with Gasteiger partial charge in [0.05, 0.1) is 18.6 Å². The number of ether oxygens (including phenoxy) is 1. The van der Waals surface area contributed by atoms with Gasteiger partial charge < -0.3 is 20.1 Å². The van der Waals surface area contributed by atoms with Crippen molar-refractivity contribution in [1.82, 2.24) is 10.3 Å². The zero-order chi connectivity index (χ0) is 16.3. The highest BCUT2D eigenvalue weighted by molar-refractivity contribution is 5.98. The lowest BCUT2D eigenvalue weighted by atomic mass is 9.98. The second kappa shape index (κ2) is 6.19. The maximum Gasteiger partial charge on any atom is 0.305 e. The minimum absolute atomic E-state index is 0.115. The molecule has 0 bridgehead atoms. The molecule has 6 heteroatoms. The third-order valence-electron chi connectivity index (χ3n) is 3.44. The lowest BCUT2D eigenvalue weighted by molar-refractivity contribution is -0.139. The van der Waals surface area contributed by atoms with Crippen LogP contribution in [0.3, 0.4) is 0 Å². The van der Waals surface area contributed by atoms with Crippen LogP contribution in [0.25, 0.3) is 10.9 Å². The second-order valence-corrected chi connectivity index (χ2v) is 5.79.